The molecule has 0 unspecified atom stereocenters. The Morgan fingerprint density at radius 2 is 1.63 bits per heavy atom. The van der Waals surface area contributed by atoms with E-state index < -0.39 is 5.76 Å². The molecular formula is C33H35KN4O5. The molecule has 1 N–H and O–H groups in total. The zero-order chi connectivity index (χ0) is 29.6. The van der Waals surface area contributed by atoms with Gasteiger partial charge in [0.2, 0.25) is 0 Å². The van der Waals surface area contributed by atoms with E-state index in [1.807, 2.05) is 86.6 Å². The summed E-state index contributed by atoms with van der Waals surface area (Å²) in [4.78, 5) is 33.2. The van der Waals surface area contributed by atoms with E-state index in [4.69, 9.17) is 19.0 Å². The minimum absolute atomic E-state index is 0. The number of aromatic nitrogens is 4. The van der Waals surface area contributed by atoms with Gasteiger partial charge in [-0.25, -0.2) is 9.78 Å². The van der Waals surface area contributed by atoms with Gasteiger partial charge in [0.1, 0.15) is 11.6 Å². The van der Waals surface area contributed by atoms with Crippen molar-refractivity contribution in [2.75, 3.05) is 7.11 Å². The second-order valence-corrected chi connectivity index (χ2v) is 10.3. The first-order valence-corrected chi connectivity index (χ1v) is 14.0. The van der Waals surface area contributed by atoms with Gasteiger partial charge >= 0.3 is 57.1 Å². The maximum absolute atomic E-state index is 14.1. The van der Waals surface area contributed by atoms with Gasteiger partial charge in [-0.1, -0.05) is 72.7 Å². The van der Waals surface area contributed by atoms with Crippen LogP contribution < -0.4 is 67.4 Å². The number of rotatable bonds is 11. The summed E-state index contributed by atoms with van der Waals surface area (Å²) in [5.41, 5.74) is 5.36. The minimum Gasteiger partial charge on any atom is -1.00 e. The summed E-state index contributed by atoms with van der Waals surface area (Å²) in [6.45, 7) is 6.63. The third-order valence-electron chi connectivity index (χ3n) is 6.82. The van der Waals surface area contributed by atoms with Crippen LogP contribution in [0.4, 0.5) is 0 Å². The van der Waals surface area contributed by atoms with Gasteiger partial charge in [-0.15, -0.1) is 0 Å². The summed E-state index contributed by atoms with van der Waals surface area (Å²) in [5, 5.41) is 3.85. The third kappa shape index (κ3) is 7.70. The van der Waals surface area contributed by atoms with Crippen molar-refractivity contribution in [3.8, 4) is 39.4 Å². The number of hydrogen-bond donors (Lipinski definition) is 1. The molecule has 5 aromatic rings. The number of H-pyrrole nitrogens is 1. The fourth-order valence-electron chi connectivity index (χ4n) is 4.99. The first-order valence-electron chi connectivity index (χ1n) is 14.0. The number of aryl methyl sites for hydroxylation is 1. The van der Waals surface area contributed by atoms with Crippen molar-refractivity contribution in [1.82, 2.24) is 19.7 Å². The largest absolute Gasteiger partial charge is 1.00 e. The van der Waals surface area contributed by atoms with Crippen LogP contribution in [-0.4, -0.2) is 32.9 Å². The fourth-order valence-corrected chi connectivity index (χ4v) is 4.99. The monoisotopic (exact) mass is 606 g/mol. The molecule has 0 radical (unpaired) electrons. The van der Waals surface area contributed by atoms with Gasteiger partial charge in [0, 0.05) is 19.1 Å². The summed E-state index contributed by atoms with van der Waals surface area (Å²) < 4.78 is 17.7. The Hall–Kier alpha value is -3.12. The molecular weight excluding hydrogens is 571 g/mol. The van der Waals surface area contributed by atoms with Crippen molar-refractivity contribution in [3.05, 3.63) is 111 Å². The van der Waals surface area contributed by atoms with Gasteiger partial charge in [0.15, 0.2) is 5.82 Å². The van der Waals surface area contributed by atoms with E-state index in [0.717, 1.165) is 45.8 Å². The molecule has 0 amide bonds. The molecule has 2 aromatic heterocycles. The Labute approximate surface area is 294 Å². The number of benzene rings is 3. The maximum Gasteiger partial charge on any atom is 1.00 e. The predicted molar refractivity (Wildman–Crippen MR) is 163 cm³/mol. The number of ether oxygens (including phenoxy) is 2. The molecule has 0 fully saturated rings. The molecule has 0 aliphatic rings. The first-order chi connectivity index (χ1) is 20.4. The van der Waals surface area contributed by atoms with E-state index in [0.29, 0.717) is 30.0 Å². The van der Waals surface area contributed by atoms with Crippen molar-refractivity contribution >= 4 is 0 Å². The predicted octanol–water partition coefficient (Wildman–Crippen LogP) is 2.97. The van der Waals surface area contributed by atoms with Crippen molar-refractivity contribution in [1.29, 1.82) is 0 Å². The molecule has 2 heterocycles. The number of nitrogens with zero attached hydrogens (tertiary/aromatic N) is 3. The Balaban J connectivity index is 0.00000264. The van der Waals surface area contributed by atoms with E-state index in [1.54, 1.807) is 11.7 Å². The van der Waals surface area contributed by atoms with E-state index in [2.05, 4.69) is 17.1 Å². The summed E-state index contributed by atoms with van der Waals surface area (Å²) in [6.07, 6.45) is 1.56. The molecule has 0 atom stereocenters. The molecule has 10 heteroatoms. The minimum atomic E-state index is -0.604. The number of nitrogens with one attached hydrogen (secondary N) is 1. The molecule has 0 bridgehead atoms. The molecule has 0 saturated heterocycles. The average Bonchev–Trinajstić information content (AvgIpc) is 3.42. The van der Waals surface area contributed by atoms with Gasteiger partial charge < -0.3 is 10.9 Å². The van der Waals surface area contributed by atoms with E-state index >= 15 is 0 Å². The van der Waals surface area contributed by atoms with Crippen molar-refractivity contribution in [2.45, 2.75) is 52.9 Å². The van der Waals surface area contributed by atoms with Crippen LogP contribution in [0.5, 0.6) is 5.75 Å². The van der Waals surface area contributed by atoms with Gasteiger partial charge in [-0.05, 0) is 54.7 Å². The van der Waals surface area contributed by atoms with Crippen molar-refractivity contribution in [2.24, 2.45) is 0 Å². The molecule has 0 spiro atoms. The van der Waals surface area contributed by atoms with Crippen LogP contribution in [-0.2, 0) is 24.3 Å². The van der Waals surface area contributed by atoms with Crippen LogP contribution in [0.25, 0.3) is 33.6 Å². The standard InChI is InChI=1S/C33H34N4O5.K.H/c1-5-8-29-34-28(20-40-4)30(24-15-17-25(18-16-24)41-21(2)3)32(38)37(29)19-22-11-13-23(14-12-22)26-9-6-7-10-27(26)31-35-33(39)42-36-31;;/h6-7,9-18,21H,5,8,19-20H2,1-4H3,(H,35,36,39);;/q;+1;-1. The number of hydrogen-bond acceptors (Lipinski definition) is 7. The zero-order valence-electron chi connectivity index (χ0n) is 26.2. The van der Waals surface area contributed by atoms with Crippen molar-refractivity contribution < 1.29 is 66.8 Å². The van der Waals surface area contributed by atoms with E-state index in [-0.39, 0.29) is 71.1 Å². The SMILES string of the molecule is CCCc1nc(COC)c(-c2ccc(OC(C)C)cc2)c(=O)n1Cc1ccc(-c2ccccc2-c2noc(=O)[nH]2)cc1.[H-].[K+]. The van der Waals surface area contributed by atoms with Crippen LogP contribution in [0.15, 0.2) is 86.9 Å². The summed E-state index contributed by atoms with van der Waals surface area (Å²) >= 11 is 0. The molecule has 3 aromatic carbocycles. The smallest absolute Gasteiger partial charge is 1.00 e. The van der Waals surface area contributed by atoms with Crippen LogP contribution >= 0.6 is 0 Å². The Morgan fingerprint density at radius 1 is 0.953 bits per heavy atom. The van der Waals surface area contributed by atoms with Crippen LogP contribution in [0.1, 0.15) is 45.7 Å². The van der Waals surface area contributed by atoms with Gasteiger partial charge in [0.05, 0.1) is 30.5 Å². The second-order valence-electron chi connectivity index (χ2n) is 10.3. The summed E-state index contributed by atoms with van der Waals surface area (Å²) in [7, 11) is 1.61. The van der Waals surface area contributed by atoms with E-state index in [9.17, 15) is 9.59 Å². The van der Waals surface area contributed by atoms with Gasteiger partial charge in [-0.2, -0.15) is 0 Å². The first kappa shape index (κ1) is 32.8. The van der Waals surface area contributed by atoms with Crippen LogP contribution in [0, 0.1) is 0 Å². The van der Waals surface area contributed by atoms with Gasteiger partial charge in [0.25, 0.3) is 5.56 Å². The number of methoxy groups -OCH3 is 1. The molecule has 43 heavy (non-hydrogen) atoms. The van der Waals surface area contributed by atoms with E-state index in [1.165, 1.54) is 0 Å². The number of aromatic amines is 1. The summed E-state index contributed by atoms with van der Waals surface area (Å²) in [5.74, 6) is 1.23. The maximum atomic E-state index is 14.1. The topological polar surface area (TPSA) is 112 Å². The average molecular weight is 607 g/mol. The van der Waals surface area contributed by atoms with Crippen LogP contribution in [0.2, 0.25) is 0 Å². The molecule has 0 aliphatic carbocycles. The zero-order valence-corrected chi connectivity index (χ0v) is 28.3. The Bertz CT molecular complexity index is 1780. The molecule has 0 saturated carbocycles. The molecule has 5 rings (SSSR count). The molecule has 9 nitrogen and oxygen atoms in total. The normalized spacial score (nSPS) is 11.0. The molecule has 218 valence electrons. The third-order valence-corrected chi connectivity index (χ3v) is 6.82. The van der Waals surface area contributed by atoms with Gasteiger partial charge in [-0.3, -0.25) is 18.9 Å². The summed E-state index contributed by atoms with van der Waals surface area (Å²) in [6, 6.07) is 23.2. The fraction of sp³-hybridized carbons (Fsp3) is 0.273. The Morgan fingerprint density at radius 3 is 2.23 bits per heavy atom. The molecule has 0 aliphatic heterocycles. The quantitative estimate of drug-likeness (QED) is 0.230. The second kappa shape index (κ2) is 15.0. The Kier molecular flexibility index (Phi) is 11.5. The van der Waals surface area contributed by atoms with Crippen LogP contribution in [0.3, 0.4) is 0 Å². The van der Waals surface area contributed by atoms with Crippen molar-refractivity contribution in [3.63, 3.8) is 0 Å².